The summed E-state index contributed by atoms with van der Waals surface area (Å²) in [6.07, 6.45) is 9.62. The van der Waals surface area contributed by atoms with Crippen LogP contribution in [0, 0.1) is 22.7 Å². The van der Waals surface area contributed by atoms with Gasteiger partial charge in [-0.3, -0.25) is 19.3 Å². The molecule has 0 unspecified atom stereocenters. The first-order valence-corrected chi connectivity index (χ1v) is 18.4. The first-order valence-electron chi connectivity index (χ1n) is 18.4. The topological polar surface area (TPSA) is 158 Å². The van der Waals surface area contributed by atoms with Crippen molar-refractivity contribution in [2.75, 3.05) is 43.1 Å². The minimum atomic E-state index is -0.819. The molecule has 0 aliphatic carbocycles. The third-order valence-corrected chi connectivity index (χ3v) is 11.4. The summed E-state index contributed by atoms with van der Waals surface area (Å²) in [6.45, 7) is 6.20. The zero-order valence-electron chi connectivity index (χ0n) is 31.3. The van der Waals surface area contributed by atoms with Crippen molar-refractivity contribution in [2.45, 2.75) is 50.7 Å². The number of ether oxygens (including phenoxy) is 1. The number of H-pyrrole nitrogens is 1. The highest BCUT2D eigenvalue weighted by Crippen LogP contribution is 2.38. The number of aromatic amines is 1. The SMILES string of the molecule is COC1(C)CCN(c2c(C#N)c(=O)n(OC3(C)CCN(c4c(C#N)c(=O)[nH]c5ccc(-c6ccncc6)cc45)CC3)c3ccc(-c4cnn(C)c4)cc23)CC1. The van der Waals surface area contributed by atoms with Crippen molar-refractivity contribution in [2.24, 2.45) is 7.05 Å². The number of nitrogens with zero attached hydrogens (tertiary/aromatic N) is 8. The lowest BCUT2D eigenvalue weighted by atomic mass is 9.92. The number of hydrogen-bond acceptors (Lipinski definition) is 10. The first kappa shape index (κ1) is 35.6. The van der Waals surface area contributed by atoms with Crippen LogP contribution in [0.1, 0.15) is 50.7 Å². The highest BCUT2D eigenvalue weighted by molar-refractivity contribution is 5.98. The summed E-state index contributed by atoms with van der Waals surface area (Å²) in [4.78, 5) is 45.5. The molecule has 6 aromatic rings. The van der Waals surface area contributed by atoms with E-state index in [1.54, 1.807) is 30.4 Å². The number of methoxy groups -OCH3 is 1. The Morgan fingerprint density at radius 2 is 1.36 bits per heavy atom. The summed E-state index contributed by atoms with van der Waals surface area (Å²) in [5.41, 5.74) is 4.10. The third kappa shape index (κ3) is 6.36. The monoisotopic (exact) mass is 735 g/mol. The first-order chi connectivity index (χ1) is 26.5. The van der Waals surface area contributed by atoms with Crippen LogP contribution in [0.4, 0.5) is 11.4 Å². The second-order valence-corrected chi connectivity index (χ2v) is 15.0. The van der Waals surface area contributed by atoms with Crippen LogP contribution in [-0.2, 0) is 11.8 Å². The molecule has 2 aliphatic rings. The highest BCUT2D eigenvalue weighted by Gasteiger charge is 2.37. The molecule has 13 heteroatoms. The Labute approximate surface area is 317 Å². The molecule has 2 saturated heterocycles. The Hall–Kier alpha value is -6.44. The zero-order valence-corrected chi connectivity index (χ0v) is 31.3. The molecule has 6 heterocycles. The van der Waals surface area contributed by atoms with Gasteiger partial charge in [0.25, 0.3) is 5.56 Å². The van der Waals surface area contributed by atoms with Crippen molar-refractivity contribution in [3.05, 3.63) is 105 Å². The molecule has 2 aliphatic heterocycles. The molecule has 0 amide bonds. The van der Waals surface area contributed by atoms with Gasteiger partial charge >= 0.3 is 5.56 Å². The molecule has 8 rings (SSSR count). The number of rotatable bonds is 7. The molecule has 0 radical (unpaired) electrons. The Kier molecular flexibility index (Phi) is 8.90. The zero-order chi connectivity index (χ0) is 38.5. The molecule has 0 atom stereocenters. The van der Waals surface area contributed by atoms with Gasteiger partial charge in [0.05, 0.1) is 34.2 Å². The molecule has 0 spiro atoms. The van der Waals surface area contributed by atoms with Crippen molar-refractivity contribution < 1.29 is 9.57 Å². The Bertz CT molecular complexity index is 2650. The van der Waals surface area contributed by atoms with Crippen LogP contribution in [0.5, 0.6) is 0 Å². The number of nitriles is 2. The van der Waals surface area contributed by atoms with Crippen molar-refractivity contribution in [1.82, 2.24) is 24.5 Å². The lowest BCUT2D eigenvalue weighted by molar-refractivity contribution is -0.0551. The van der Waals surface area contributed by atoms with Gasteiger partial charge in [-0.25, -0.2) is 0 Å². The smallest absolute Gasteiger partial charge is 0.303 e. The van der Waals surface area contributed by atoms with E-state index in [0.717, 1.165) is 45.9 Å². The minimum Gasteiger partial charge on any atom is -0.404 e. The van der Waals surface area contributed by atoms with Crippen LogP contribution in [0.2, 0.25) is 0 Å². The molecule has 13 nitrogen and oxygen atoms in total. The summed E-state index contributed by atoms with van der Waals surface area (Å²) in [7, 11) is 3.58. The van der Waals surface area contributed by atoms with Crippen molar-refractivity contribution in [1.29, 1.82) is 10.5 Å². The van der Waals surface area contributed by atoms with Crippen LogP contribution >= 0.6 is 0 Å². The van der Waals surface area contributed by atoms with Gasteiger partial charge in [-0.2, -0.15) is 15.6 Å². The lowest BCUT2D eigenvalue weighted by Crippen LogP contribution is -2.51. The molecule has 278 valence electrons. The molecule has 4 aromatic heterocycles. The minimum absolute atomic E-state index is 0.0246. The predicted molar refractivity (Wildman–Crippen MR) is 211 cm³/mol. The standard InChI is InChI=1S/C42H41N9O4/c1-41(54-4)11-17-50(18-12-41)38-32-22-29(30-25-46-48(3)26-30)6-8-36(32)51(40(53)34(38)24-44)55-42(2)13-19-49(20-14-42)37-31-21-28(27-9-15-45-16-10-27)5-7-35(31)47-39(52)33(37)23-43/h5-10,15-16,21-22,25-26H,11-14,17-20H2,1-4H3,(H,47,52). The summed E-state index contributed by atoms with van der Waals surface area (Å²) in [6, 6.07) is 19.9. The molecule has 2 aromatic carbocycles. The number of aryl methyl sites for hydroxylation is 1. The van der Waals surface area contributed by atoms with Crippen LogP contribution in [0.25, 0.3) is 44.1 Å². The van der Waals surface area contributed by atoms with E-state index in [4.69, 9.17) is 9.57 Å². The third-order valence-electron chi connectivity index (χ3n) is 11.4. The Morgan fingerprint density at radius 3 is 1.98 bits per heavy atom. The van der Waals surface area contributed by atoms with Gasteiger partial charge in [-0.15, -0.1) is 4.73 Å². The van der Waals surface area contributed by atoms with E-state index in [2.05, 4.69) is 43.9 Å². The largest absolute Gasteiger partial charge is 0.404 e. The molecular weight excluding hydrogens is 695 g/mol. The summed E-state index contributed by atoms with van der Waals surface area (Å²) >= 11 is 0. The maximum atomic E-state index is 14.4. The predicted octanol–water partition coefficient (Wildman–Crippen LogP) is 5.54. The van der Waals surface area contributed by atoms with Gasteiger partial charge < -0.3 is 24.4 Å². The van der Waals surface area contributed by atoms with Crippen molar-refractivity contribution in [3.8, 4) is 34.4 Å². The molecular formula is C42H41N9O4. The number of nitrogens with one attached hydrogen (secondary N) is 1. The molecule has 1 N–H and O–H groups in total. The van der Waals surface area contributed by atoms with E-state index < -0.39 is 16.7 Å². The highest BCUT2D eigenvalue weighted by atomic mass is 16.7. The molecule has 55 heavy (non-hydrogen) atoms. The van der Waals surface area contributed by atoms with E-state index in [9.17, 15) is 20.1 Å². The fourth-order valence-electron chi connectivity index (χ4n) is 7.97. The van der Waals surface area contributed by atoms with Gasteiger partial charge in [0.2, 0.25) is 0 Å². The van der Waals surface area contributed by atoms with E-state index in [1.807, 2.05) is 68.7 Å². The van der Waals surface area contributed by atoms with E-state index in [-0.39, 0.29) is 16.7 Å². The number of anilines is 2. The van der Waals surface area contributed by atoms with Crippen LogP contribution in [0.15, 0.2) is 82.9 Å². The average molecular weight is 736 g/mol. The lowest BCUT2D eigenvalue weighted by Gasteiger charge is -2.41. The van der Waals surface area contributed by atoms with Gasteiger partial charge in [0.1, 0.15) is 28.9 Å². The number of fused-ring (bicyclic) bond motifs is 2. The van der Waals surface area contributed by atoms with Crippen LogP contribution in [0.3, 0.4) is 0 Å². The van der Waals surface area contributed by atoms with Gasteiger partial charge in [0, 0.05) is 88.1 Å². The van der Waals surface area contributed by atoms with E-state index >= 15 is 0 Å². The molecule has 2 fully saturated rings. The van der Waals surface area contributed by atoms with Crippen LogP contribution < -0.4 is 25.8 Å². The summed E-state index contributed by atoms with van der Waals surface area (Å²) in [5.74, 6) is 0. The van der Waals surface area contributed by atoms with Crippen molar-refractivity contribution >= 4 is 33.2 Å². The van der Waals surface area contributed by atoms with Gasteiger partial charge in [-0.1, -0.05) is 12.1 Å². The maximum Gasteiger partial charge on any atom is 0.303 e. The average Bonchev–Trinajstić information content (AvgIpc) is 3.65. The number of pyridine rings is 3. The fourth-order valence-corrected chi connectivity index (χ4v) is 7.97. The fraction of sp³-hybridized carbons (Fsp3) is 0.333. The quantitative estimate of drug-likeness (QED) is 0.221. The Morgan fingerprint density at radius 1 is 0.764 bits per heavy atom. The number of benzene rings is 2. The molecule has 0 saturated carbocycles. The second kappa shape index (κ2) is 13.8. The summed E-state index contributed by atoms with van der Waals surface area (Å²) in [5, 5.41) is 26.6. The summed E-state index contributed by atoms with van der Waals surface area (Å²) < 4.78 is 8.84. The normalized spacial score (nSPS) is 16.5. The maximum absolute atomic E-state index is 14.4. The second-order valence-electron chi connectivity index (χ2n) is 15.0. The van der Waals surface area contributed by atoms with E-state index in [0.29, 0.717) is 61.4 Å². The van der Waals surface area contributed by atoms with Crippen LogP contribution in [-0.4, -0.2) is 69.0 Å². The van der Waals surface area contributed by atoms with Gasteiger partial charge in [0.15, 0.2) is 0 Å². The van der Waals surface area contributed by atoms with E-state index in [1.165, 1.54) is 4.73 Å². The number of hydrogen-bond donors (Lipinski definition) is 1. The number of piperidine rings is 2. The molecule has 0 bridgehead atoms. The van der Waals surface area contributed by atoms with Crippen molar-refractivity contribution in [3.63, 3.8) is 0 Å². The van der Waals surface area contributed by atoms with Gasteiger partial charge in [-0.05, 0) is 79.8 Å². The Balaban J connectivity index is 1.17. The number of aromatic nitrogens is 5.